The molecule has 1 aliphatic heterocycles. The van der Waals surface area contributed by atoms with Gasteiger partial charge < -0.3 is 15.0 Å². The van der Waals surface area contributed by atoms with Crippen LogP contribution in [0.5, 0.6) is 0 Å². The largest absolute Gasteiger partial charge is 0.481 e. The standard InChI is InChI=1S/C21H26N2O2/c1-23-14-10-18(15-23)19(17-7-3-2-4-8-17)9-5-11-21(20(24)25)12-6-13-22-16-21/h2-4,7-10,14-15,22H,5-6,11-13,16H2,1H3,(H,24,25). The minimum Gasteiger partial charge on any atom is -0.481 e. The summed E-state index contributed by atoms with van der Waals surface area (Å²) in [5.74, 6) is -0.672. The Bertz CT molecular complexity index is 740. The van der Waals surface area contributed by atoms with E-state index in [0.717, 1.165) is 25.8 Å². The maximum absolute atomic E-state index is 11.8. The molecule has 0 saturated carbocycles. The van der Waals surface area contributed by atoms with Crippen LogP contribution in [-0.4, -0.2) is 28.7 Å². The number of hydrogen-bond donors (Lipinski definition) is 2. The average Bonchev–Trinajstić information content (AvgIpc) is 3.06. The highest BCUT2D eigenvalue weighted by Crippen LogP contribution is 2.33. The van der Waals surface area contributed by atoms with E-state index in [9.17, 15) is 9.90 Å². The minimum absolute atomic E-state index is 0.572. The Morgan fingerprint density at radius 3 is 2.68 bits per heavy atom. The zero-order valence-corrected chi connectivity index (χ0v) is 14.7. The smallest absolute Gasteiger partial charge is 0.310 e. The third-order valence-electron chi connectivity index (χ3n) is 5.13. The van der Waals surface area contributed by atoms with Crippen LogP contribution < -0.4 is 5.32 Å². The number of rotatable bonds is 6. The van der Waals surface area contributed by atoms with Gasteiger partial charge in [-0.25, -0.2) is 0 Å². The zero-order valence-electron chi connectivity index (χ0n) is 14.7. The molecule has 1 aromatic heterocycles. The summed E-state index contributed by atoms with van der Waals surface area (Å²) in [4.78, 5) is 11.8. The van der Waals surface area contributed by atoms with Gasteiger partial charge in [0.1, 0.15) is 0 Å². The molecule has 2 aromatic rings. The molecule has 132 valence electrons. The molecule has 1 aromatic carbocycles. The minimum atomic E-state index is -0.672. The van der Waals surface area contributed by atoms with E-state index in [4.69, 9.17) is 0 Å². The van der Waals surface area contributed by atoms with Crippen molar-refractivity contribution in [2.75, 3.05) is 13.1 Å². The molecule has 1 aliphatic rings. The van der Waals surface area contributed by atoms with E-state index in [2.05, 4.69) is 35.8 Å². The van der Waals surface area contributed by atoms with Gasteiger partial charge >= 0.3 is 5.97 Å². The summed E-state index contributed by atoms with van der Waals surface area (Å²) in [6, 6.07) is 12.4. The lowest BCUT2D eigenvalue weighted by atomic mass is 9.76. The van der Waals surface area contributed by atoms with Gasteiger partial charge in [0.2, 0.25) is 0 Å². The molecule has 3 rings (SSSR count). The third kappa shape index (κ3) is 4.02. The summed E-state index contributed by atoms with van der Waals surface area (Å²) in [6.45, 7) is 1.49. The number of aromatic nitrogens is 1. The van der Waals surface area contributed by atoms with Crippen molar-refractivity contribution in [3.8, 4) is 0 Å². The summed E-state index contributed by atoms with van der Waals surface area (Å²) >= 11 is 0. The van der Waals surface area contributed by atoms with Crippen LogP contribution in [0.4, 0.5) is 0 Å². The van der Waals surface area contributed by atoms with Crippen LogP contribution in [0.3, 0.4) is 0 Å². The molecule has 1 unspecified atom stereocenters. The number of carboxylic acid groups (broad SMARTS) is 1. The van der Waals surface area contributed by atoms with Gasteiger partial charge in [0.25, 0.3) is 0 Å². The molecule has 4 nitrogen and oxygen atoms in total. The van der Waals surface area contributed by atoms with E-state index >= 15 is 0 Å². The number of piperidine rings is 1. The van der Waals surface area contributed by atoms with Crippen molar-refractivity contribution < 1.29 is 9.90 Å². The number of aliphatic carboxylic acids is 1. The maximum atomic E-state index is 11.8. The Morgan fingerprint density at radius 2 is 2.08 bits per heavy atom. The average molecular weight is 338 g/mol. The Kier molecular flexibility index (Phi) is 5.39. The monoisotopic (exact) mass is 338 g/mol. The number of nitrogens with zero attached hydrogens (tertiary/aromatic N) is 1. The van der Waals surface area contributed by atoms with E-state index < -0.39 is 11.4 Å². The fourth-order valence-corrected chi connectivity index (χ4v) is 3.65. The SMILES string of the molecule is Cn1ccc(C(=CCCC2(C(=O)O)CCCNC2)c2ccccc2)c1. The number of allylic oxidation sites excluding steroid dienone is 1. The summed E-state index contributed by atoms with van der Waals surface area (Å²) in [7, 11) is 2.01. The van der Waals surface area contributed by atoms with Crippen molar-refractivity contribution >= 4 is 11.5 Å². The summed E-state index contributed by atoms with van der Waals surface area (Å²) in [5, 5.41) is 13.0. The normalized spacial score (nSPS) is 21.2. The van der Waals surface area contributed by atoms with E-state index in [1.54, 1.807) is 0 Å². The van der Waals surface area contributed by atoms with Crippen LogP contribution in [0.1, 0.15) is 36.8 Å². The van der Waals surface area contributed by atoms with Gasteiger partial charge in [0, 0.05) is 26.0 Å². The zero-order chi connectivity index (χ0) is 17.7. The number of carboxylic acids is 1. The molecular weight excluding hydrogens is 312 g/mol. The van der Waals surface area contributed by atoms with E-state index in [1.807, 2.05) is 36.0 Å². The second kappa shape index (κ2) is 7.70. The fourth-order valence-electron chi connectivity index (χ4n) is 3.65. The van der Waals surface area contributed by atoms with E-state index in [0.29, 0.717) is 13.0 Å². The predicted octanol–water partition coefficient (Wildman–Crippen LogP) is 3.69. The molecule has 0 radical (unpaired) electrons. The molecule has 0 amide bonds. The first kappa shape index (κ1) is 17.5. The molecule has 0 bridgehead atoms. The summed E-state index contributed by atoms with van der Waals surface area (Å²) in [6.07, 6.45) is 9.45. The van der Waals surface area contributed by atoms with Crippen molar-refractivity contribution in [1.29, 1.82) is 0 Å². The molecule has 1 saturated heterocycles. The molecule has 0 spiro atoms. The molecular formula is C21H26N2O2. The lowest BCUT2D eigenvalue weighted by Crippen LogP contribution is -2.45. The van der Waals surface area contributed by atoms with E-state index in [1.165, 1.54) is 16.7 Å². The third-order valence-corrected chi connectivity index (χ3v) is 5.13. The Hall–Kier alpha value is -2.33. The van der Waals surface area contributed by atoms with Crippen molar-refractivity contribution in [2.45, 2.75) is 25.7 Å². The summed E-state index contributed by atoms with van der Waals surface area (Å²) < 4.78 is 2.04. The van der Waals surface area contributed by atoms with Gasteiger partial charge in [0.05, 0.1) is 5.41 Å². The van der Waals surface area contributed by atoms with Crippen molar-refractivity contribution in [2.24, 2.45) is 12.5 Å². The Labute approximate surface area is 149 Å². The maximum Gasteiger partial charge on any atom is 0.310 e. The molecule has 0 aliphatic carbocycles. The molecule has 1 atom stereocenters. The van der Waals surface area contributed by atoms with Crippen LogP contribution in [0, 0.1) is 5.41 Å². The van der Waals surface area contributed by atoms with Crippen molar-refractivity contribution in [1.82, 2.24) is 9.88 Å². The van der Waals surface area contributed by atoms with Crippen molar-refractivity contribution in [3.63, 3.8) is 0 Å². The predicted molar refractivity (Wildman–Crippen MR) is 100 cm³/mol. The first-order chi connectivity index (χ1) is 12.1. The van der Waals surface area contributed by atoms with Gasteiger partial charge in [-0.2, -0.15) is 0 Å². The summed E-state index contributed by atoms with van der Waals surface area (Å²) in [5.41, 5.74) is 2.87. The number of benzene rings is 1. The number of hydrogen-bond acceptors (Lipinski definition) is 2. The second-order valence-corrected chi connectivity index (χ2v) is 6.95. The van der Waals surface area contributed by atoms with Gasteiger partial charge in [0.15, 0.2) is 0 Å². The Morgan fingerprint density at radius 1 is 1.28 bits per heavy atom. The second-order valence-electron chi connectivity index (χ2n) is 6.95. The van der Waals surface area contributed by atoms with Crippen LogP contribution in [-0.2, 0) is 11.8 Å². The van der Waals surface area contributed by atoms with E-state index in [-0.39, 0.29) is 0 Å². The molecule has 2 heterocycles. The Balaban J connectivity index is 1.82. The highest BCUT2D eigenvalue weighted by molar-refractivity contribution is 5.79. The quantitative estimate of drug-likeness (QED) is 0.844. The highest BCUT2D eigenvalue weighted by atomic mass is 16.4. The fraction of sp³-hybridized carbons (Fsp3) is 0.381. The number of aryl methyl sites for hydroxylation is 1. The van der Waals surface area contributed by atoms with Gasteiger partial charge in [-0.05, 0) is 55.0 Å². The van der Waals surface area contributed by atoms with Crippen LogP contribution in [0.2, 0.25) is 0 Å². The van der Waals surface area contributed by atoms with Crippen LogP contribution >= 0.6 is 0 Å². The molecule has 1 fully saturated rings. The van der Waals surface area contributed by atoms with Gasteiger partial charge in [-0.3, -0.25) is 4.79 Å². The van der Waals surface area contributed by atoms with Crippen molar-refractivity contribution in [3.05, 3.63) is 66.0 Å². The molecule has 25 heavy (non-hydrogen) atoms. The number of carbonyl (C=O) groups is 1. The molecule has 2 N–H and O–H groups in total. The highest BCUT2D eigenvalue weighted by Gasteiger charge is 2.38. The lowest BCUT2D eigenvalue weighted by molar-refractivity contribution is -0.150. The topological polar surface area (TPSA) is 54.3 Å². The van der Waals surface area contributed by atoms with Gasteiger partial charge in [-0.1, -0.05) is 36.4 Å². The van der Waals surface area contributed by atoms with Gasteiger partial charge in [-0.15, -0.1) is 0 Å². The first-order valence-electron chi connectivity index (χ1n) is 8.93. The number of nitrogens with one attached hydrogen (secondary N) is 1. The lowest BCUT2D eigenvalue weighted by Gasteiger charge is -2.33. The first-order valence-corrected chi connectivity index (χ1v) is 8.93. The van der Waals surface area contributed by atoms with Crippen LogP contribution in [0.15, 0.2) is 54.9 Å². The molecule has 4 heteroatoms. The van der Waals surface area contributed by atoms with Crippen LogP contribution in [0.25, 0.3) is 5.57 Å².